The Labute approximate surface area is 283 Å². The third kappa shape index (κ3) is 4.72. The van der Waals surface area contributed by atoms with Crippen LogP contribution in [0.4, 0.5) is 0 Å². The quantitative estimate of drug-likeness (QED) is 0.195. The monoisotopic (exact) mass is 627 g/mol. The normalized spacial score (nSPS) is 16.3. The number of furan rings is 1. The zero-order chi connectivity index (χ0) is 32.3. The third-order valence-electron chi connectivity index (χ3n) is 9.84. The Kier molecular flexibility index (Phi) is 6.28. The van der Waals surface area contributed by atoms with E-state index in [0.717, 1.165) is 49.9 Å². The van der Waals surface area contributed by atoms with Crippen LogP contribution >= 0.6 is 0 Å². The average molecular weight is 628 g/mol. The van der Waals surface area contributed by atoms with Crippen molar-refractivity contribution in [2.45, 2.75) is 5.92 Å². The molecule has 10 rings (SSSR count). The highest BCUT2D eigenvalue weighted by molar-refractivity contribution is 6.00. The van der Waals surface area contributed by atoms with E-state index in [0.29, 0.717) is 17.5 Å². The van der Waals surface area contributed by atoms with Crippen LogP contribution in [0, 0.1) is 5.92 Å². The minimum Gasteiger partial charge on any atom is -0.456 e. The molecule has 4 nitrogen and oxygen atoms in total. The molecule has 0 saturated heterocycles. The van der Waals surface area contributed by atoms with Crippen LogP contribution in [-0.2, 0) is 0 Å². The minimum absolute atomic E-state index is 0.192. The second-order valence-corrected chi connectivity index (χ2v) is 12.8. The molecule has 6 aromatic carbocycles. The molecule has 2 aromatic heterocycles. The van der Waals surface area contributed by atoms with Gasteiger partial charge in [-0.2, -0.15) is 0 Å². The van der Waals surface area contributed by atoms with Gasteiger partial charge in [-0.3, -0.25) is 0 Å². The van der Waals surface area contributed by atoms with Crippen molar-refractivity contribution in [2.75, 3.05) is 0 Å². The lowest BCUT2D eigenvalue weighted by Gasteiger charge is -2.24. The number of rotatable bonds is 4. The highest BCUT2D eigenvalue weighted by Gasteiger charge is 2.31. The fourth-order valence-corrected chi connectivity index (χ4v) is 7.37. The van der Waals surface area contributed by atoms with Crippen molar-refractivity contribution in [3.63, 3.8) is 0 Å². The van der Waals surface area contributed by atoms with Crippen molar-refractivity contribution in [1.29, 1.82) is 0 Å². The molecule has 0 amide bonds. The maximum absolute atomic E-state index is 6.79. The summed E-state index contributed by atoms with van der Waals surface area (Å²) in [6.45, 7) is 0. The Bertz CT molecular complexity index is 2680. The predicted molar refractivity (Wildman–Crippen MR) is 200 cm³/mol. The van der Waals surface area contributed by atoms with Crippen molar-refractivity contribution < 1.29 is 4.42 Å². The maximum Gasteiger partial charge on any atom is 0.167 e. The molecule has 0 bridgehead atoms. The summed E-state index contributed by atoms with van der Waals surface area (Å²) in [6, 6.07) is 44.5. The van der Waals surface area contributed by atoms with E-state index in [2.05, 4.69) is 134 Å². The van der Waals surface area contributed by atoms with E-state index < -0.39 is 0 Å². The summed E-state index contributed by atoms with van der Waals surface area (Å²) in [7, 11) is 0. The first-order valence-corrected chi connectivity index (χ1v) is 16.7. The van der Waals surface area contributed by atoms with Crippen molar-refractivity contribution in [1.82, 2.24) is 15.0 Å². The van der Waals surface area contributed by atoms with Crippen molar-refractivity contribution in [2.24, 2.45) is 5.92 Å². The Balaban J connectivity index is 1.25. The lowest BCUT2D eigenvalue weighted by Crippen LogP contribution is -2.12. The van der Waals surface area contributed by atoms with Gasteiger partial charge in [0.1, 0.15) is 11.3 Å². The fourth-order valence-electron chi connectivity index (χ4n) is 7.37. The maximum atomic E-state index is 6.79. The highest BCUT2D eigenvalue weighted by Crippen LogP contribution is 2.47. The Morgan fingerprint density at radius 3 is 1.88 bits per heavy atom. The van der Waals surface area contributed by atoms with Crippen LogP contribution in [0.1, 0.15) is 17.2 Å². The summed E-state index contributed by atoms with van der Waals surface area (Å²) in [5.74, 6) is 3.19. The summed E-state index contributed by atoms with van der Waals surface area (Å²) in [5, 5.41) is 5.81. The number of hydrogen-bond donors (Lipinski definition) is 0. The van der Waals surface area contributed by atoms with Crippen molar-refractivity contribution >= 4 is 38.6 Å². The van der Waals surface area contributed by atoms with E-state index in [1.54, 1.807) is 0 Å². The van der Waals surface area contributed by atoms with E-state index in [1.165, 1.54) is 21.7 Å². The first kappa shape index (κ1) is 27.7. The van der Waals surface area contributed by atoms with Crippen LogP contribution in [0.3, 0.4) is 0 Å². The van der Waals surface area contributed by atoms with Gasteiger partial charge in [0.2, 0.25) is 0 Å². The standard InChI is InChI=1S/C45H29N3O/c1-2-13-31(14-3-1)43-46-44(35-21-19-29-11-5-7-16-33(29)25-35)48-45(47-43)39-27-36(34-20-18-28-10-4-6-15-32(28)24-34)26-38-41-37-17-9-8-12-30(37)22-23-40(41)49-42(38)39/h1-27,30,37H. The van der Waals surface area contributed by atoms with Crippen LogP contribution in [0.5, 0.6) is 0 Å². The van der Waals surface area contributed by atoms with Crippen LogP contribution in [0.2, 0.25) is 0 Å². The van der Waals surface area contributed by atoms with Gasteiger partial charge in [0.05, 0.1) is 5.56 Å². The molecule has 4 heteroatoms. The molecule has 0 N–H and O–H groups in total. The lowest BCUT2D eigenvalue weighted by molar-refractivity contribution is 0.578. The highest BCUT2D eigenvalue weighted by atomic mass is 16.3. The van der Waals surface area contributed by atoms with Gasteiger partial charge >= 0.3 is 0 Å². The predicted octanol–water partition coefficient (Wildman–Crippen LogP) is 11.4. The van der Waals surface area contributed by atoms with Crippen LogP contribution < -0.4 is 0 Å². The minimum atomic E-state index is 0.192. The molecule has 2 aliphatic carbocycles. The molecule has 8 aromatic rings. The Hall–Kier alpha value is -6.39. The van der Waals surface area contributed by atoms with Gasteiger partial charge < -0.3 is 4.42 Å². The van der Waals surface area contributed by atoms with E-state index in [4.69, 9.17) is 19.4 Å². The summed E-state index contributed by atoms with van der Waals surface area (Å²) in [5.41, 5.74) is 6.93. The number of benzene rings is 6. The molecule has 2 unspecified atom stereocenters. The summed E-state index contributed by atoms with van der Waals surface area (Å²) in [6.07, 6.45) is 13.2. The first-order chi connectivity index (χ1) is 24.2. The third-order valence-corrected chi connectivity index (χ3v) is 9.84. The van der Waals surface area contributed by atoms with Gasteiger partial charge in [-0.25, -0.2) is 15.0 Å². The van der Waals surface area contributed by atoms with Crippen molar-refractivity contribution in [3.05, 3.63) is 169 Å². The van der Waals surface area contributed by atoms with Gasteiger partial charge in [0, 0.05) is 33.9 Å². The summed E-state index contributed by atoms with van der Waals surface area (Å²) >= 11 is 0. The molecule has 2 aliphatic rings. The van der Waals surface area contributed by atoms with Crippen molar-refractivity contribution in [3.8, 4) is 45.3 Å². The number of fused-ring (bicyclic) bond motifs is 7. The van der Waals surface area contributed by atoms with Crippen LogP contribution in [0.25, 0.3) is 83.9 Å². The number of nitrogens with zero attached hydrogens (tertiary/aromatic N) is 3. The number of hydrogen-bond acceptors (Lipinski definition) is 4. The number of aromatic nitrogens is 3. The lowest BCUT2D eigenvalue weighted by atomic mass is 9.78. The fraction of sp³-hybridized carbons (Fsp3) is 0.0444. The summed E-state index contributed by atoms with van der Waals surface area (Å²) in [4.78, 5) is 15.4. The van der Waals surface area contributed by atoms with Gasteiger partial charge in [-0.1, -0.05) is 134 Å². The zero-order valence-electron chi connectivity index (χ0n) is 26.5. The van der Waals surface area contributed by atoms with E-state index in [1.807, 2.05) is 30.3 Å². The molecule has 0 spiro atoms. The molecule has 0 radical (unpaired) electrons. The largest absolute Gasteiger partial charge is 0.456 e. The molecule has 2 heterocycles. The molecule has 2 atom stereocenters. The molecule has 230 valence electrons. The topological polar surface area (TPSA) is 51.8 Å². The second-order valence-electron chi connectivity index (χ2n) is 12.8. The van der Waals surface area contributed by atoms with Crippen LogP contribution in [-0.4, -0.2) is 15.0 Å². The van der Waals surface area contributed by atoms with Gasteiger partial charge in [0.15, 0.2) is 17.5 Å². The Morgan fingerprint density at radius 1 is 0.469 bits per heavy atom. The van der Waals surface area contributed by atoms with E-state index in [-0.39, 0.29) is 11.8 Å². The summed E-state index contributed by atoms with van der Waals surface area (Å²) < 4.78 is 6.79. The van der Waals surface area contributed by atoms with Gasteiger partial charge in [0.25, 0.3) is 0 Å². The average Bonchev–Trinajstić information content (AvgIpc) is 3.56. The molecule has 49 heavy (non-hydrogen) atoms. The smallest absolute Gasteiger partial charge is 0.167 e. The van der Waals surface area contributed by atoms with Crippen LogP contribution in [0.15, 0.2) is 162 Å². The molecule has 0 saturated carbocycles. The number of allylic oxidation sites excluding steroid dienone is 5. The molecular formula is C45H29N3O. The molecular weight excluding hydrogens is 599 g/mol. The van der Waals surface area contributed by atoms with E-state index in [9.17, 15) is 0 Å². The second kappa shape index (κ2) is 11.1. The van der Waals surface area contributed by atoms with Gasteiger partial charge in [-0.05, 0) is 63.0 Å². The zero-order valence-corrected chi connectivity index (χ0v) is 26.5. The van der Waals surface area contributed by atoms with Gasteiger partial charge in [-0.15, -0.1) is 0 Å². The molecule has 0 fully saturated rings. The molecule has 0 aliphatic heterocycles. The first-order valence-electron chi connectivity index (χ1n) is 16.7. The van der Waals surface area contributed by atoms with E-state index >= 15 is 0 Å². The SMILES string of the molecule is C1=CC2C=Cc3oc4c(-c5nc(-c6ccccc6)nc(-c6ccc7ccccc7c6)n5)cc(-c5ccc6ccccc6c5)cc4c3C2C=C1. The Morgan fingerprint density at radius 2 is 1.10 bits per heavy atom.